The van der Waals surface area contributed by atoms with E-state index in [1.807, 2.05) is 31.2 Å². The number of rotatable bonds is 9. The van der Waals surface area contributed by atoms with Crippen molar-refractivity contribution in [2.45, 2.75) is 32.7 Å². The van der Waals surface area contributed by atoms with Crippen molar-refractivity contribution in [2.24, 2.45) is 5.41 Å². The van der Waals surface area contributed by atoms with E-state index in [9.17, 15) is 4.79 Å². The molecule has 0 unspecified atom stereocenters. The molecule has 1 aromatic carbocycles. The summed E-state index contributed by atoms with van der Waals surface area (Å²) in [6.45, 7) is 5.23. The zero-order chi connectivity index (χ0) is 20.5. The molecule has 7 nitrogen and oxygen atoms in total. The molecule has 3 rings (SSSR count). The molecule has 2 aromatic rings. The molecule has 0 N–H and O–H groups in total. The standard InChI is InChI=1S/C22H29N3O4/c1-3-28-20(26)22(11-15-27-2)10-4-14-25(17-22)16-18-6-8-19(9-7-18)29-21-23-12-5-13-24-21/h5-9,12-13H,3-4,10-11,14-17H2,1-2H3/t22-/m1/s1. The van der Waals surface area contributed by atoms with Crippen LogP contribution in [0.1, 0.15) is 31.7 Å². The number of likely N-dealkylation sites (tertiary alicyclic amines) is 1. The van der Waals surface area contributed by atoms with E-state index < -0.39 is 5.41 Å². The summed E-state index contributed by atoms with van der Waals surface area (Å²) >= 11 is 0. The highest BCUT2D eigenvalue weighted by Crippen LogP contribution is 2.36. The van der Waals surface area contributed by atoms with E-state index in [-0.39, 0.29) is 5.97 Å². The zero-order valence-electron chi connectivity index (χ0n) is 17.2. The maximum atomic E-state index is 12.7. The molecule has 2 heterocycles. The van der Waals surface area contributed by atoms with Crippen LogP contribution in [0.4, 0.5) is 0 Å². The Morgan fingerprint density at radius 1 is 1.21 bits per heavy atom. The van der Waals surface area contributed by atoms with Crippen LogP contribution >= 0.6 is 0 Å². The van der Waals surface area contributed by atoms with E-state index in [0.29, 0.717) is 37.9 Å². The van der Waals surface area contributed by atoms with Gasteiger partial charge in [-0.2, -0.15) is 0 Å². The van der Waals surface area contributed by atoms with Gasteiger partial charge in [-0.05, 0) is 56.5 Å². The highest BCUT2D eigenvalue weighted by atomic mass is 16.5. The Morgan fingerprint density at radius 2 is 1.97 bits per heavy atom. The van der Waals surface area contributed by atoms with Crippen LogP contribution in [0, 0.1) is 5.41 Å². The van der Waals surface area contributed by atoms with E-state index >= 15 is 0 Å². The van der Waals surface area contributed by atoms with Gasteiger partial charge < -0.3 is 14.2 Å². The minimum Gasteiger partial charge on any atom is -0.466 e. The maximum Gasteiger partial charge on any atom is 0.321 e. The third-order valence-electron chi connectivity index (χ3n) is 5.23. The lowest BCUT2D eigenvalue weighted by molar-refractivity contribution is -0.160. The first-order valence-corrected chi connectivity index (χ1v) is 10.1. The van der Waals surface area contributed by atoms with Crippen LogP contribution in [-0.4, -0.2) is 54.3 Å². The maximum absolute atomic E-state index is 12.7. The monoisotopic (exact) mass is 399 g/mol. The summed E-state index contributed by atoms with van der Waals surface area (Å²) in [6.07, 6.45) is 5.78. The number of nitrogens with zero attached hydrogens (tertiary/aromatic N) is 3. The van der Waals surface area contributed by atoms with Gasteiger partial charge in [0.05, 0.1) is 12.0 Å². The summed E-state index contributed by atoms with van der Waals surface area (Å²) in [6, 6.07) is 9.98. The van der Waals surface area contributed by atoms with Crippen molar-refractivity contribution in [3.05, 3.63) is 48.3 Å². The molecular formula is C22H29N3O4. The number of piperidine rings is 1. The molecular weight excluding hydrogens is 370 g/mol. The molecule has 156 valence electrons. The van der Waals surface area contributed by atoms with Gasteiger partial charge in [-0.15, -0.1) is 0 Å². The smallest absolute Gasteiger partial charge is 0.321 e. The van der Waals surface area contributed by atoms with Crippen LogP contribution < -0.4 is 4.74 Å². The Hall–Kier alpha value is -2.51. The van der Waals surface area contributed by atoms with E-state index in [1.54, 1.807) is 25.6 Å². The Morgan fingerprint density at radius 3 is 2.66 bits per heavy atom. The molecule has 0 saturated carbocycles. The van der Waals surface area contributed by atoms with Crippen LogP contribution in [0.3, 0.4) is 0 Å². The van der Waals surface area contributed by atoms with Crippen molar-refractivity contribution < 1.29 is 19.0 Å². The third-order valence-corrected chi connectivity index (χ3v) is 5.23. The number of esters is 1. The summed E-state index contributed by atoms with van der Waals surface area (Å²) in [4.78, 5) is 23.2. The predicted octanol–water partition coefficient (Wildman–Crippen LogP) is 3.45. The van der Waals surface area contributed by atoms with E-state index in [1.165, 1.54) is 0 Å². The number of methoxy groups -OCH3 is 1. The predicted molar refractivity (Wildman–Crippen MR) is 109 cm³/mol. The summed E-state index contributed by atoms with van der Waals surface area (Å²) in [7, 11) is 1.67. The van der Waals surface area contributed by atoms with Crippen LogP contribution in [-0.2, 0) is 20.8 Å². The molecule has 0 bridgehead atoms. The first kappa shape index (κ1) is 21.2. The molecule has 0 spiro atoms. The van der Waals surface area contributed by atoms with Crippen LogP contribution in [0.5, 0.6) is 11.8 Å². The number of benzene rings is 1. The van der Waals surface area contributed by atoms with Gasteiger partial charge in [0, 0.05) is 39.2 Å². The van der Waals surface area contributed by atoms with Crippen molar-refractivity contribution in [2.75, 3.05) is 33.4 Å². The topological polar surface area (TPSA) is 73.8 Å². The van der Waals surface area contributed by atoms with Crippen molar-refractivity contribution in [3.63, 3.8) is 0 Å². The average molecular weight is 399 g/mol. The minimum atomic E-state index is -0.488. The van der Waals surface area contributed by atoms with Crippen molar-refractivity contribution in [3.8, 4) is 11.8 Å². The van der Waals surface area contributed by atoms with E-state index in [0.717, 1.165) is 31.5 Å². The minimum absolute atomic E-state index is 0.103. The molecule has 1 aliphatic heterocycles. The fourth-order valence-electron chi connectivity index (χ4n) is 3.78. The second-order valence-corrected chi connectivity index (χ2v) is 7.34. The molecule has 0 radical (unpaired) electrons. The summed E-state index contributed by atoms with van der Waals surface area (Å²) in [5.74, 6) is 0.591. The van der Waals surface area contributed by atoms with Gasteiger partial charge in [0.2, 0.25) is 0 Å². The molecule has 0 aliphatic carbocycles. The van der Waals surface area contributed by atoms with Gasteiger partial charge in [0.1, 0.15) is 5.75 Å². The summed E-state index contributed by atoms with van der Waals surface area (Å²) in [5, 5.41) is 0. The molecule has 29 heavy (non-hydrogen) atoms. The van der Waals surface area contributed by atoms with E-state index in [4.69, 9.17) is 14.2 Å². The van der Waals surface area contributed by atoms with Crippen LogP contribution in [0.15, 0.2) is 42.7 Å². The lowest BCUT2D eigenvalue weighted by Gasteiger charge is -2.41. The summed E-state index contributed by atoms with van der Waals surface area (Å²) in [5.41, 5.74) is 0.676. The normalized spacial score (nSPS) is 19.7. The largest absolute Gasteiger partial charge is 0.466 e. The lowest BCUT2D eigenvalue weighted by Crippen LogP contribution is -2.48. The third kappa shape index (κ3) is 5.74. The Kier molecular flexibility index (Phi) is 7.55. The quantitative estimate of drug-likeness (QED) is 0.598. The molecule has 1 saturated heterocycles. The first-order chi connectivity index (χ1) is 14.1. The molecule has 0 amide bonds. The van der Waals surface area contributed by atoms with Gasteiger partial charge in [-0.3, -0.25) is 9.69 Å². The highest BCUT2D eigenvalue weighted by molar-refractivity contribution is 5.77. The SMILES string of the molecule is CCOC(=O)[C@@]1(CCOC)CCCN(Cc2ccc(Oc3ncccn3)cc2)C1. The number of aromatic nitrogens is 2. The molecule has 1 fully saturated rings. The van der Waals surface area contributed by atoms with Gasteiger partial charge >= 0.3 is 12.0 Å². The fraction of sp³-hybridized carbons (Fsp3) is 0.500. The number of ether oxygens (including phenoxy) is 3. The van der Waals surface area contributed by atoms with Crippen molar-refractivity contribution in [1.29, 1.82) is 0 Å². The van der Waals surface area contributed by atoms with Gasteiger partial charge in [-0.1, -0.05) is 12.1 Å². The zero-order valence-corrected chi connectivity index (χ0v) is 17.2. The number of hydrogen-bond acceptors (Lipinski definition) is 7. The van der Waals surface area contributed by atoms with Crippen LogP contribution in [0.25, 0.3) is 0 Å². The molecule has 1 atom stereocenters. The van der Waals surface area contributed by atoms with Crippen molar-refractivity contribution >= 4 is 5.97 Å². The molecule has 1 aromatic heterocycles. The molecule has 7 heteroatoms. The number of hydrogen-bond donors (Lipinski definition) is 0. The van der Waals surface area contributed by atoms with E-state index in [2.05, 4.69) is 14.9 Å². The Bertz CT molecular complexity index is 769. The number of carbonyl (C=O) groups is 1. The van der Waals surface area contributed by atoms with Crippen LogP contribution in [0.2, 0.25) is 0 Å². The van der Waals surface area contributed by atoms with Gasteiger partial charge in [0.25, 0.3) is 0 Å². The summed E-state index contributed by atoms with van der Waals surface area (Å²) < 4.78 is 16.3. The number of carbonyl (C=O) groups excluding carboxylic acids is 1. The Balaban J connectivity index is 1.63. The Labute approximate surface area is 172 Å². The fourth-order valence-corrected chi connectivity index (χ4v) is 3.78. The first-order valence-electron chi connectivity index (χ1n) is 10.1. The second-order valence-electron chi connectivity index (χ2n) is 7.34. The van der Waals surface area contributed by atoms with Gasteiger partial charge in [-0.25, -0.2) is 9.97 Å². The highest BCUT2D eigenvalue weighted by Gasteiger charge is 2.43. The lowest BCUT2D eigenvalue weighted by atomic mass is 9.77. The van der Waals surface area contributed by atoms with Gasteiger partial charge in [0.15, 0.2) is 0 Å². The van der Waals surface area contributed by atoms with Crippen molar-refractivity contribution in [1.82, 2.24) is 14.9 Å². The second kappa shape index (κ2) is 10.3. The average Bonchev–Trinajstić information content (AvgIpc) is 2.75. The molecule has 1 aliphatic rings.